The number of ketones is 1. The van der Waals surface area contributed by atoms with Crippen LogP contribution in [0, 0.1) is 5.92 Å². The van der Waals surface area contributed by atoms with Crippen LogP contribution in [0.15, 0.2) is 54.6 Å². The van der Waals surface area contributed by atoms with Crippen molar-refractivity contribution in [2.45, 2.75) is 26.3 Å². The molecular weight excluding hydrogens is 384 g/mol. The first-order chi connectivity index (χ1) is 14.3. The van der Waals surface area contributed by atoms with E-state index in [2.05, 4.69) is 5.32 Å². The van der Waals surface area contributed by atoms with Crippen molar-refractivity contribution in [3.63, 3.8) is 0 Å². The summed E-state index contributed by atoms with van der Waals surface area (Å²) < 4.78 is 5.12. The summed E-state index contributed by atoms with van der Waals surface area (Å²) in [5.74, 6) is -1.82. The molecule has 2 atom stereocenters. The third-order valence-corrected chi connectivity index (χ3v) is 5.16. The number of Topliss-reactive ketones (excluding diaryl/α,β-unsaturated/α-hetero) is 1. The Morgan fingerprint density at radius 2 is 1.77 bits per heavy atom. The molecule has 0 spiro atoms. The van der Waals surface area contributed by atoms with Crippen LogP contribution >= 0.6 is 0 Å². The molecule has 7 heteroatoms. The predicted molar refractivity (Wildman–Crippen MR) is 111 cm³/mol. The summed E-state index contributed by atoms with van der Waals surface area (Å²) in [6.07, 6.45) is 0.0735. The van der Waals surface area contributed by atoms with Crippen molar-refractivity contribution in [2.75, 3.05) is 18.5 Å². The smallest absolute Gasteiger partial charge is 0.311 e. The van der Waals surface area contributed by atoms with Crippen LogP contribution in [0.5, 0.6) is 0 Å². The minimum atomic E-state index is -0.591. The lowest BCUT2D eigenvalue weighted by Crippen LogP contribution is -2.30. The molecule has 2 aromatic carbocycles. The number of ether oxygens (including phenoxy) is 1. The van der Waals surface area contributed by atoms with E-state index >= 15 is 0 Å². The Morgan fingerprint density at radius 3 is 2.40 bits per heavy atom. The van der Waals surface area contributed by atoms with Gasteiger partial charge in [0.2, 0.25) is 5.91 Å². The van der Waals surface area contributed by atoms with Crippen molar-refractivity contribution in [3.8, 4) is 0 Å². The molecule has 0 radical (unpaired) electrons. The number of esters is 1. The second-order valence-electron chi connectivity index (χ2n) is 7.32. The first-order valence-electron chi connectivity index (χ1n) is 9.77. The average molecular weight is 408 g/mol. The highest BCUT2D eigenvalue weighted by Crippen LogP contribution is 2.29. The quantitative estimate of drug-likeness (QED) is 0.562. The molecule has 0 bridgehead atoms. The maximum absolute atomic E-state index is 12.4. The summed E-state index contributed by atoms with van der Waals surface area (Å²) in [5.41, 5.74) is 2.04. The van der Waals surface area contributed by atoms with Gasteiger partial charge in [-0.2, -0.15) is 0 Å². The van der Waals surface area contributed by atoms with E-state index in [4.69, 9.17) is 4.74 Å². The lowest BCUT2D eigenvalue weighted by Gasteiger charge is -2.25. The molecule has 1 N–H and O–H groups in total. The highest BCUT2D eigenvalue weighted by Gasteiger charge is 2.38. The van der Waals surface area contributed by atoms with Crippen LogP contribution in [-0.4, -0.2) is 41.6 Å². The number of hydrogen-bond donors (Lipinski definition) is 1. The molecule has 7 nitrogen and oxygen atoms in total. The Labute approximate surface area is 175 Å². The van der Waals surface area contributed by atoms with Crippen LogP contribution in [0.25, 0.3) is 0 Å². The number of carbonyl (C=O) groups excluding carboxylic acids is 4. The third-order valence-electron chi connectivity index (χ3n) is 5.16. The zero-order valence-electron chi connectivity index (χ0n) is 17.0. The van der Waals surface area contributed by atoms with E-state index in [9.17, 15) is 19.2 Å². The number of benzene rings is 2. The predicted octanol–water partition coefficient (Wildman–Crippen LogP) is 2.98. The monoisotopic (exact) mass is 408 g/mol. The molecule has 0 saturated carbocycles. The van der Waals surface area contributed by atoms with Crippen LogP contribution in [0.4, 0.5) is 5.69 Å². The molecule has 0 aliphatic carbocycles. The molecule has 3 rings (SSSR count). The van der Waals surface area contributed by atoms with Crippen LogP contribution in [0.3, 0.4) is 0 Å². The SMILES string of the molecule is CC(=O)c1ccc(NC(=O)COC(=O)[C@H]2CC(=O)N([C@H](C)c3ccccc3)C2)cc1. The van der Waals surface area contributed by atoms with Gasteiger partial charge >= 0.3 is 5.97 Å². The molecule has 2 amide bonds. The van der Waals surface area contributed by atoms with Gasteiger partial charge in [-0.15, -0.1) is 0 Å². The van der Waals surface area contributed by atoms with Gasteiger partial charge in [0.25, 0.3) is 5.91 Å². The summed E-state index contributed by atoms with van der Waals surface area (Å²) in [4.78, 5) is 49.7. The number of anilines is 1. The molecule has 2 aromatic rings. The fraction of sp³-hybridized carbons (Fsp3) is 0.304. The number of nitrogens with one attached hydrogen (secondary N) is 1. The van der Waals surface area contributed by atoms with Crippen LogP contribution in [0.2, 0.25) is 0 Å². The maximum atomic E-state index is 12.4. The number of amides is 2. The number of likely N-dealkylation sites (tertiary alicyclic amines) is 1. The van der Waals surface area contributed by atoms with Gasteiger partial charge < -0.3 is 15.0 Å². The first kappa shape index (κ1) is 21.2. The Morgan fingerprint density at radius 1 is 1.10 bits per heavy atom. The van der Waals surface area contributed by atoms with E-state index < -0.39 is 24.4 Å². The van der Waals surface area contributed by atoms with E-state index in [0.29, 0.717) is 11.3 Å². The van der Waals surface area contributed by atoms with Crippen molar-refractivity contribution in [1.82, 2.24) is 4.90 Å². The van der Waals surface area contributed by atoms with Crippen molar-refractivity contribution in [2.24, 2.45) is 5.92 Å². The van der Waals surface area contributed by atoms with E-state index in [1.807, 2.05) is 37.3 Å². The molecule has 30 heavy (non-hydrogen) atoms. The highest BCUT2D eigenvalue weighted by atomic mass is 16.5. The van der Waals surface area contributed by atoms with Crippen molar-refractivity contribution in [3.05, 3.63) is 65.7 Å². The molecular formula is C23H24N2O5. The highest BCUT2D eigenvalue weighted by molar-refractivity contribution is 5.96. The Kier molecular flexibility index (Phi) is 6.61. The standard InChI is InChI=1S/C23H24N2O5/c1-15(17-6-4-3-5-7-17)25-13-19(12-22(25)28)23(29)30-14-21(27)24-20-10-8-18(9-11-20)16(2)26/h3-11,15,19H,12-14H2,1-2H3,(H,24,27)/t15-,19+/m1/s1. The topological polar surface area (TPSA) is 92.8 Å². The molecule has 0 aromatic heterocycles. The van der Waals surface area contributed by atoms with E-state index in [0.717, 1.165) is 5.56 Å². The van der Waals surface area contributed by atoms with Gasteiger partial charge in [0.05, 0.1) is 12.0 Å². The van der Waals surface area contributed by atoms with Crippen LogP contribution in [0.1, 0.15) is 42.2 Å². The van der Waals surface area contributed by atoms with Gasteiger partial charge in [-0.05, 0) is 43.7 Å². The largest absolute Gasteiger partial charge is 0.455 e. The Balaban J connectivity index is 1.49. The second kappa shape index (κ2) is 9.35. The number of carbonyl (C=O) groups is 4. The molecule has 1 aliphatic rings. The van der Waals surface area contributed by atoms with Crippen molar-refractivity contribution >= 4 is 29.3 Å². The minimum Gasteiger partial charge on any atom is -0.455 e. The normalized spacial score (nSPS) is 16.8. The first-order valence-corrected chi connectivity index (χ1v) is 9.77. The van der Waals surface area contributed by atoms with Gasteiger partial charge in [-0.25, -0.2) is 0 Å². The average Bonchev–Trinajstić information content (AvgIpc) is 3.14. The number of rotatable bonds is 7. The zero-order chi connectivity index (χ0) is 21.7. The van der Waals surface area contributed by atoms with Gasteiger partial charge in [-0.3, -0.25) is 19.2 Å². The molecule has 1 saturated heterocycles. The third kappa shape index (κ3) is 5.11. The summed E-state index contributed by atoms with van der Waals surface area (Å²) in [6, 6.07) is 15.9. The Bertz CT molecular complexity index is 940. The molecule has 156 valence electrons. The summed E-state index contributed by atoms with van der Waals surface area (Å²) in [5, 5.41) is 2.61. The molecule has 0 unspecified atom stereocenters. The van der Waals surface area contributed by atoms with Crippen molar-refractivity contribution < 1.29 is 23.9 Å². The van der Waals surface area contributed by atoms with Gasteiger partial charge in [0.1, 0.15) is 0 Å². The fourth-order valence-corrected chi connectivity index (χ4v) is 3.42. The van der Waals surface area contributed by atoms with Crippen LogP contribution < -0.4 is 5.32 Å². The lowest BCUT2D eigenvalue weighted by molar-refractivity contribution is -0.151. The maximum Gasteiger partial charge on any atom is 0.311 e. The van der Waals surface area contributed by atoms with Crippen LogP contribution in [-0.2, 0) is 19.1 Å². The van der Waals surface area contributed by atoms with Gasteiger partial charge in [-0.1, -0.05) is 30.3 Å². The lowest BCUT2D eigenvalue weighted by atomic mass is 10.1. The minimum absolute atomic E-state index is 0.0662. The zero-order valence-corrected chi connectivity index (χ0v) is 17.0. The Hall–Kier alpha value is -3.48. The summed E-state index contributed by atoms with van der Waals surface area (Å²) >= 11 is 0. The van der Waals surface area contributed by atoms with Crippen molar-refractivity contribution in [1.29, 1.82) is 0 Å². The number of hydrogen-bond acceptors (Lipinski definition) is 5. The van der Waals surface area contributed by atoms with E-state index in [1.54, 1.807) is 29.2 Å². The molecule has 1 aliphatic heterocycles. The van der Waals surface area contributed by atoms with E-state index in [1.165, 1.54) is 6.92 Å². The summed E-state index contributed by atoms with van der Waals surface area (Å²) in [7, 11) is 0. The fourth-order valence-electron chi connectivity index (χ4n) is 3.42. The van der Waals surface area contributed by atoms with Gasteiger partial charge in [0.15, 0.2) is 12.4 Å². The number of nitrogens with zero attached hydrogens (tertiary/aromatic N) is 1. The summed E-state index contributed by atoms with van der Waals surface area (Å²) in [6.45, 7) is 3.21. The van der Waals surface area contributed by atoms with Gasteiger partial charge in [0, 0.05) is 24.2 Å². The van der Waals surface area contributed by atoms with E-state index in [-0.39, 0.29) is 30.7 Å². The molecule has 1 heterocycles. The molecule has 1 fully saturated rings. The second-order valence-corrected chi connectivity index (χ2v) is 7.32.